The lowest BCUT2D eigenvalue weighted by atomic mass is 10.1. The Hall–Kier alpha value is -1.84. The molecule has 0 bridgehead atoms. The quantitative estimate of drug-likeness (QED) is 0.719. The summed E-state index contributed by atoms with van der Waals surface area (Å²) in [6.07, 6.45) is 4.93. The van der Waals surface area contributed by atoms with Gasteiger partial charge < -0.3 is 4.42 Å². The normalized spacial score (nSPS) is 10.6. The van der Waals surface area contributed by atoms with Crippen LogP contribution in [0, 0.1) is 0 Å². The SMILES string of the molecule is O=c1onc(CCCCCc2ccccc2)o1. The lowest BCUT2D eigenvalue weighted by molar-refractivity contribution is 0.334. The number of hydrogen-bond donors (Lipinski definition) is 0. The maximum atomic E-state index is 10.6. The molecule has 1 aromatic carbocycles. The first kappa shape index (κ1) is 11.6. The van der Waals surface area contributed by atoms with E-state index in [-0.39, 0.29) is 0 Å². The molecule has 1 aromatic heterocycles. The molecular formula is C13H15NO3. The molecule has 0 aliphatic heterocycles. The number of benzene rings is 1. The monoisotopic (exact) mass is 233 g/mol. The van der Waals surface area contributed by atoms with Crippen LogP contribution in [-0.2, 0) is 12.8 Å². The van der Waals surface area contributed by atoms with Crippen LogP contribution in [0.2, 0.25) is 0 Å². The van der Waals surface area contributed by atoms with E-state index in [1.807, 2.05) is 6.07 Å². The summed E-state index contributed by atoms with van der Waals surface area (Å²) < 4.78 is 9.03. The molecular weight excluding hydrogens is 218 g/mol. The Morgan fingerprint density at radius 2 is 1.76 bits per heavy atom. The van der Waals surface area contributed by atoms with Gasteiger partial charge in [-0.05, 0) is 30.0 Å². The largest absolute Gasteiger partial charge is 0.542 e. The van der Waals surface area contributed by atoms with Crippen molar-refractivity contribution in [1.29, 1.82) is 0 Å². The van der Waals surface area contributed by atoms with E-state index in [4.69, 9.17) is 4.42 Å². The molecule has 0 atom stereocenters. The van der Waals surface area contributed by atoms with Gasteiger partial charge in [0.25, 0.3) is 0 Å². The summed E-state index contributed by atoms with van der Waals surface area (Å²) in [5, 5.41) is 3.52. The highest BCUT2D eigenvalue weighted by molar-refractivity contribution is 5.14. The van der Waals surface area contributed by atoms with Crippen molar-refractivity contribution in [3.63, 3.8) is 0 Å². The van der Waals surface area contributed by atoms with Crippen LogP contribution >= 0.6 is 0 Å². The van der Waals surface area contributed by atoms with Crippen LogP contribution in [0.5, 0.6) is 0 Å². The summed E-state index contributed by atoms with van der Waals surface area (Å²) in [6, 6.07) is 10.4. The number of aromatic nitrogens is 1. The van der Waals surface area contributed by atoms with Gasteiger partial charge in [0.2, 0.25) is 5.89 Å². The summed E-state index contributed by atoms with van der Waals surface area (Å²) in [6.45, 7) is 0. The molecule has 0 spiro atoms. The van der Waals surface area contributed by atoms with Crippen molar-refractivity contribution in [3.05, 3.63) is 52.4 Å². The molecule has 1 heterocycles. The first-order valence-corrected chi connectivity index (χ1v) is 5.84. The molecule has 17 heavy (non-hydrogen) atoms. The van der Waals surface area contributed by atoms with Gasteiger partial charge in [-0.1, -0.05) is 36.8 Å². The maximum absolute atomic E-state index is 10.6. The Morgan fingerprint density at radius 1 is 1.00 bits per heavy atom. The first-order chi connectivity index (χ1) is 8.34. The second-order valence-electron chi connectivity index (χ2n) is 3.97. The van der Waals surface area contributed by atoms with Gasteiger partial charge in [0.15, 0.2) is 0 Å². The predicted molar refractivity (Wildman–Crippen MR) is 62.7 cm³/mol. The van der Waals surface area contributed by atoms with E-state index in [1.165, 1.54) is 5.56 Å². The summed E-state index contributed by atoms with van der Waals surface area (Å²) >= 11 is 0. The highest BCUT2D eigenvalue weighted by Gasteiger charge is 2.02. The highest BCUT2D eigenvalue weighted by atomic mass is 16.6. The van der Waals surface area contributed by atoms with Crippen LogP contribution in [0.15, 0.2) is 44.1 Å². The van der Waals surface area contributed by atoms with Gasteiger partial charge in [-0.3, -0.25) is 4.52 Å². The van der Waals surface area contributed by atoms with Gasteiger partial charge in [-0.2, -0.15) is 0 Å². The van der Waals surface area contributed by atoms with Crippen LogP contribution in [0.4, 0.5) is 0 Å². The fourth-order valence-corrected chi connectivity index (χ4v) is 1.75. The lowest BCUT2D eigenvalue weighted by Crippen LogP contribution is -1.90. The number of unbranched alkanes of at least 4 members (excludes halogenated alkanes) is 2. The smallest absolute Gasteiger partial charge is 0.375 e. The number of rotatable bonds is 6. The number of aryl methyl sites for hydroxylation is 2. The van der Waals surface area contributed by atoms with Gasteiger partial charge in [0, 0.05) is 6.42 Å². The zero-order valence-corrected chi connectivity index (χ0v) is 9.59. The number of nitrogens with zero attached hydrogens (tertiary/aromatic N) is 1. The molecule has 0 aliphatic carbocycles. The van der Waals surface area contributed by atoms with Crippen molar-refractivity contribution in [3.8, 4) is 0 Å². The molecule has 0 N–H and O–H groups in total. The zero-order valence-electron chi connectivity index (χ0n) is 9.59. The highest BCUT2D eigenvalue weighted by Crippen LogP contribution is 2.08. The van der Waals surface area contributed by atoms with Crippen molar-refractivity contribution in [2.45, 2.75) is 32.1 Å². The fraction of sp³-hybridized carbons (Fsp3) is 0.385. The Morgan fingerprint density at radius 3 is 2.47 bits per heavy atom. The fourth-order valence-electron chi connectivity index (χ4n) is 1.75. The minimum atomic E-state index is -0.718. The number of hydrogen-bond acceptors (Lipinski definition) is 4. The molecule has 0 fully saturated rings. The molecule has 90 valence electrons. The predicted octanol–water partition coefficient (Wildman–Crippen LogP) is 2.58. The molecule has 0 amide bonds. The van der Waals surface area contributed by atoms with E-state index in [9.17, 15) is 4.79 Å². The maximum Gasteiger partial charge on any atom is 0.542 e. The summed E-state index contributed by atoms with van der Waals surface area (Å²) in [5.41, 5.74) is 1.36. The zero-order chi connectivity index (χ0) is 11.9. The van der Waals surface area contributed by atoms with Gasteiger partial charge >= 0.3 is 5.82 Å². The molecule has 0 aliphatic rings. The van der Waals surface area contributed by atoms with Gasteiger partial charge in [-0.15, -0.1) is 0 Å². The summed E-state index contributed by atoms with van der Waals surface area (Å²) in [7, 11) is 0. The molecule has 0 radical (unpaired) electrons. The molecule has 4 nitrogen and oxygen atoms in total. The van der Waals surface area contributed by atoms with E-state index < -0.39 is 5.82 Å². The van der Waals surface area contributed by atoms with Crippen LogP contribution in [0.1, 0.15) is 30.7 Å². The van der Waals surface area contributed by atoms with E-state index in [2.05, 4.69) is 33.9 Å². The van der Waals surface area contributed by atoms with Gasteiger partial charge in [0.05, 0.1) is 0 Å². The van der Waals surface area contributed by atoms with E-state index >= 15 is 0 Å². The third-order valence-electron chi connectivity index (χ3n) is 2.62. The molecule has 0 saturated carbocycles. The molecule has 2 aromatic rings. The van der Waals surface area contributed by atoms with E-state index in [1.54, 1.807) is 0 Å². The van der Waals surface area contributed by atoms with Crippen LogP contribution in [0.3, 0.4) is 0 Å². The van der Waals surface area contributed by atoms with Crippen molar-refractivity contribution in [1.82, 2.24) is 5.16 Å². The van der Waals surface area contributed by atoms with Crippen molar-refractivity contribution in [2.75, 3.05) is 0 Å². The van der Waals surface area contributed by atoms with Crippen molar-refractivity contribution in [2.24, 2.45) is 0 Å². The Labute approximate surface area is 99.2 Å². The Bertz CT molecular complexity index is 487. The summed E-state index contributed by atoms with van der Waals surface area (Å²) in [4.78, 5) is 10.6. The van der Waals surface area contributed by atoms with Crippen LogP contribution in [0.25, 0.3) is 0 Å². The van der Waals surface area contributed by atoms with E-state index in [0.29, 0.717) is 12.3 Å². The second kappa shape index (κ2) is 6.03. The van der Waals surface area contributed by atoms with Crippen LogP contribution < -0.4 is 5.82 Å². The molecule has 0 unspecified atom stereocenters. The molecule has 0 saturated heterocycles. The topological polar surface area (TPSA) is 56.2 Å². The second-order valence-corrected chi connectivity index (χ2v) is 3.97. The average molecular weight is 233 g/mol. The van der Waals surface area contributed by atoms with Gasteiger partial charge in [0.1, 0.15) is 0 Å². The minimum Gasteiger partial charge on any atom is -0.375 e. The third-order valence-corrected chi connectivity index (χ3v) is 2.62. The Kier molecular flexibility index (Phi) is 4.13. The van der Waals surface area contributed by atoms with E-state index in [0.717, 1.165) is 25.7 Å². The first-order valence-electron chi connectivity index (χ1n) is 5.84. The minimum absolute atomic E-state index is 0.398. The lowest BCUT2D eigenvalue weighted by Gasteiger charge is -2.00. The molecule has 2 rings (SSSR count). The van der Waals surface area contributed by atoms with Crippen molar-refractivity contribution >= 4 is 0 Å². The van der Waals surface area contributed by atoms with Crippen molar-refractivity contribution < 1.29 is 8.94 Å². The standard InChI is InChI=1S/C13H15NO3/c15-13-16-12(14-17-13)10-6-2-5-9-11-7-3-1-4-8-11/h1,3-4,7-8H,2,5-6,9-10H2. The van der Waals surface area contributed by atoms with Gasteiger partial charge in [-0.25, -0.2) is 4.79 Å². The molecule has 4 heteroatoms. The average Bonchev–Trinajstić information content (AvgIpc) is 2.76. The van der Waals surface area contributed by atoms with Crippen LogP contribution in [-0.4, -0.2) is 5.16 Å². The summed E-state index contributed by atoms with van der Waals surface area (Å²) in [5.74, 6) is -0.320. The third kappa shape index (κ3) is 3.90. The Balaban J connectivity index is 1.62.